The van der Waals surface area contributed by atoms with Gasteiger partial charge in [0.15, 0.2) is 5.82 Å². The molecule has 2 heterocycles. The van der Waals surface area contributed by atoms with Crippen LogP contribution in [0.5, 0.6) is 0 Å². The molecule has 2 aromatic heterocycles. The Bertz CT molecular complexity index is 514. The summed E-state index contributed by atoms with van der Waals surface area (Å²) in [6.07, 6.45) is 4.77. The number of thiazole rings is 1. The molecule has 0 atom stereocenters. The number of aromatic nitrogens is 3. The van der Waals surface area contributed by atoms with E-state index in [1.54, 1.807) is 17.5 Å². The topological polar surface area (TPSA) is 77.8 Å². The minimum absolute atomic E-state index is 0.360. The van der Waals surface area contributed by atoms with Gasteiger partial charge in [0.1, 0.15) is 4.88 Å². The lowest BCUT2D eigenvalue weighted by molar-refractivity contribution is 0.229. The molecule has 0 aliphatic heterocycles. The van der Waals surface area contributed by atoms with Crippen LogP contribution in [-0.4, -0.2) is 15.1 Å². The molecule has 0 unspecified atom stereocenters. The van der Waals surface area contributed by atoms with Gasteiger partial charge in [-0.05, 0) is 26.2 Å². The SMILES string of the molecule is Cc1ncc(-c2nc(C3(N)CCC3)no2)s1. The van der Waals surface area contributed by atoms with E-state index in [0.717, 1.165) is 29.1 Å². The molecular weight excluding hydrogens is 224 g/mol. The number of hydrogen-bond donors (Lipinski definition) is 1. The van der Waals surface area contributed by atoms with E-state index in [2.05, 4.69) is 15.1 Å². The van der Waals surface area contributed by atoms with Gasteiger partial charge in [0.2, 0.25) is 0 Å². The van der Waals surface area contributed by atoms with E-state index < -0.39 is 0 Å². The predicted molar refractivity (Wildman–Crippen MR) is 59.9 cm³/mol. The molecule has 6 heteroatoms. The summed E-state index contributed by atoms with van der Waals surface area (Å²) in [6, 6.07) is 0. The third-order valence-corrected chi connectivity index (χ3v) is 3.85. The maximum atomic E-state index is 6.12. The quantitative estimate of drug-likeness (QED) is 0.860. The van der Waals surface area contributed by atoms with E-state index in [-0.39, 0.29) is 5.54 Å². The number of rotatable bonds is 2. The Hall–Kier alpha value is -1.27. The molecule has 1 aliphatic carbocycles. The van der Waals surface area contributed by atoms with Crippen LogP contribution in [0.15, 0.2) is 10.7 Å². The van der Waals surface area contributed by atoms with E-state index in [4.69, 9.17) is 10.3 Å². The number of nitrogens with two attached hydrogens (primary N) is 1. The molecule has 0 amide bonds. The first-order chi connectivity index (χ1) is 7.67. The highest BCUT2D eigenvalue weighted by Gasteiger charge is 2.39. The third-order valence-electron chi connectivity index (χ3n) is 2.95. The summed E-state index contributed by atoms with van der Waals surface area (Å²) in [5, 5.41) is 4.95. The van der Waals surface area contributed by atoms with Crippen LogP contribution in [0, 0.1) is 6.92 Å². The molecule has 0 radical (unpaired) electrons. The largest absolute Gasteiger partial charge is 0.333 e. The maximum Gasteiger partial charge on any atom is 0.269 e. The lowest BCUT2D eigenvalue weighted by Crippen LogP contribution is -2.44. The first-order valence-electron chi connectivity index (χ1n) is 5.23. The van der Waals surface area contributed by atoms with E-state index in [1.165, 1.54) is 0 Å². The van der Waals surface area contributed by atoms with Gasteiger partial charge < -0.3 is 10.3 Å². The van der Waals surface area contributed by atoms with Crippen molar-refractivity contribution in [3.05, 3.63) is 17.0 Å². The van der Waals surface area contributed by atoms with Gasteiger partial charge in [-0.15, -0.1) is 11.3 Å². The van der Waals surface area contributed by atoms with Gasteiger partial charge in [-0.2, -0.15) is 4.98 Å². The van der Waals surface area contributed by atoms with E-state index in [1.807, 2.05) is 6.92 Å². The molecule has 3 rings (SSSR count). The minimum atomic E-state index is -0.360. The Balaban J connectivity index is 1.93. The van der Waals surface area contributed by atoms with Gasteiger partial charge in [-0.25, -0.2) is 4.98 Å². The van der Waals surface area contributed by atoms with Crippen LogP contribution in [-0.2, 0) is 5.54 Å². The molecule has 0 bridgehead atoms. The van der Waals surface area contributed by atoms with E-state index in [9.17, 15) is 0 Å². The van der Waals surface area contributed by atoms with Crippen LogP contribution < -0.4 is 5.73 Å². The zero-order valence-electron chi connectivity index (χ0n) is 8.93. The molecule has 0 aromatic carbocycles. The zero-order chi connectivity index (χ0) is 11.2. The van der Waals surface area contributed by atoms with Crippen LogP contribution in [0.4, 0.5) is 0 Å². The second kappa shape index (κ2) is 3.36. The molecule has 0 spiro atoms. The van der Waals surface area contributed by atoms with Crippen LogP contribution in [0.25, 0.3) is 10.8 Å². The Morgan fingerprint density at radius 2 is 2.31 bits per heavy atom. The van der Waals surface area contributed by atoms with Crippen LogP contribution in [0.3, 0.4) is 0 Å². The van der Waals surface area contributed by atoms with Crippen molar-refractivity contribution in [3.63, 3.8) is 0 Å². The fourth-order valence-electron chi connectivity index (χ4n) is 1.77. The Kier molecular flexibility index (Phi) is 2.08. The van der Waals surface area contributed by atoms with E-state index >= 15 is 0 Å². The highest BCUT2D eigenvalue weighted by Crippen LogP contribution is 2.38. The molecule has 16 heavy (non-hydrogen) atoms. The van der Waals surface area contributed by atoms with Crippen LogP contribution in [0.2, 0.25) is 0 Å². The number of nitrogens with zero attached hydrogens (tertiary/aromatic N) is 3. The molecule has 5 nitrogen and oxygen atoms in total. The van der Waals surface area contributed by atoms with Gasteiger partial charge in [0.25, 0.3) is 5.89 Å². The van der Waals surface area contributed by atoms with Crippen molar-refractivity contribution >= 4 is 11.3 Å². The van der Waals surface area contributed by atoms with Crippen molar-refractivity contribution in [1.29, 1.82) is 0 Å². The summed E-state index contributed by atoms with van der Waals surface area (Å²) < 4.78 is 5.22. The van der Waals surface area contributed by atoms with Crippen molar-refractivity contribution in [2.75, 3.05) is 0 Å². The molecule has 2 aromatic rings. The lowest BCUT2D eigenvalue weighted by atomic mass is 9.77. The Labute approximate surface area is 96.7 Å². The smallest absolute Gasteiger partial charge is 0.269 e. The molecule has 0 saturated heterocycles. The number of aryl methyl sites for hydroxylation is 1. The Morgan fingerprint density at radius 1 is 1.50 bits per heavy atom. The standard InChI is InChI=1S/C10H12N4OS/c1-6-12-5-7(16-6)8-13-9(14-15-8)10(11)3-2-4-10/h5H,2-4,11H2,1H3. The summed E-state index contributed by atoms with van der Waals surface area (Å²) >= 11 is 1.54. The average Bonchev–Trinajstić information content (AvgIpc) is 2.82. The van der Waals surface area contributed by atoms with Gasteiger partial charge in [0, 0.05) is 0 Å². The monoisotopic (exact) mass is 236 g/mol. The van der Waals surface area contributed by atoms with Gasteiger partial charge in [-0.1, -0.05) is 5.16 Å². The van der Waals surface area contributed by atoms with Crippen molar-refractivity contribution < 1.29 is 4.52 Å². The van der Waals surface area contributed by atoms with Gasteiger partial charge >= 0.3 is 0 Å². The highest BCUT2D eigenvalue weighted by atomic mass is 32.1. The van der Waals surface area contributed by atoms with Crippen molar-refractivity contribution in [3.8, 4) is 10.8 Å². The zero-order valence-corrected chi connectivity index (χ0v) is 9.75. The summed E-state index contributed by atoms with van der Waals surface area (Å²) in [7, 11) is 0. The second-order valence-corrected chi connectivity index (χ2v) is 5.41. The molecule has 1 aliphatic rings. The molecule has 1 fully saturated rings. The van der Waals surface area contributed by atoms with Crippen LogP contribution in [0.1, 0.15) is 30.1 Å². The second-order valence-electron chi connectivity index (χ2n) is 4.18. The Morgan fingerprint density at radius 3 is 2.88 bits per heavy atom. The summed E-state index contributed by atoms with van der Waals surface area (Å²) in [5.74, 6) is 1.15. The van der Waals surface area contributed by atoms with Crippen LogP contribution >= 0.6 is 11.3 Å². The van der Waals surface area contributed by atoms with Gasteiger partial charge in [-0.3, -0.25) is 0 Å². The summed E-state index contributed by atoms with van der Waals surface area (Å²) in [5.41, 5.74) is 5.76. The minimum Gasteiger partial charge on any atom is -0.333 e. The van der Waals surface area contributed by atoms with Crippen molar-refractivity contribution in [2.24, 2.45) is 5.73 Å². The summed E-state index contributed by atoms with van der Waals surface area (Å²) in [6.45, 7) is 1.95. The maximum absolute atomic E-state index is 6.12. The predicted octanol–water partition coefficient (Wildman–Crippen LogP) is 1.84. The third kappa shape index (κ3) is 1.45. The molecular formula is C10H12N4OS. The molecule has 1 saturated carbocycles. The van der Waals surface area contributed by atoms with Crippen molar-refractivity contribution in [2.45, 2.75) is 31.7 Å². The summed E-state index contributed by atoms with van der Waals surface area (Å²) in [4.78, 5) is 9.42. The normalized spacial score (nSPS) is 18.4. The fourth-order valence-corrected chi connectivity index (χ4v) is 2.47. The fraction of sp³-hybridized carbons (Fsp3) is 0.500. The number of hydrogen-bond acceptors (Lipinski definition) is 6. The first-order valence-corrected chi connectivity index (χ1v) is 6.05. The first kappa shape index (κ1) is 9.92. The average molecular weight is 236 g/mol. The van der Waals surface area contributed by atoms with E-state index in [0.29, 0.717) is 11.7 Å². The highest BCUT2D eigenvalue weighted by molar-refractivity contribution is 7.14. The molecule has 84 valence electrons. The van der Waals surface area contributed by atoms with Gasteiger partial charge in [0.05, 0.1) is 16.7 Å². The lowest BCUT2D eigenvalue weighted by Gasteiger charge is -2.34. The molecule has 2 N–H and O–H groups in total. The van der Waals surface area contributed by atoms with Crippen molar-refractivity contribution in [1.82, 2.24) is 15.1 Å².